The van der Waals surface area contributed by atoms with Gasteiger partial charge in [-0.3, -0.25) is 4.99 Å². The van der Waals surface area contributed by atoms with Gasteiger partial charge in [-0.05, 0) is 51.0 Å². The van der Waals surface area contributed by atoms with Crippen LogP contribution in [0.2, 0.25) is 0 Å². The lowest BCUT2D eigenvalue weighted by molar-refractivity contribution is 0.0824. The summed E-state index contributed by atoms with van der Waals surface area (Å²) in [4.78, 5) is 9.76. The molecule has 0 amide bonds. The first-order valence-electron chi connectivity index (χ1n) is 9.52. The van der Waals surface area contributed by atoms with Crippen LogP contribution < -0.4 is 5.32 Å². The fourth-order valence-electron chi connectivity index (χ4n) is 3.88. The summed E-state index contributed by atoms with van der Waals surface area (Å²) in [7, 11) is 0. The Kier molecular flexibility index (Phi) is 10.5. The van der Waals surface area contributed by atoms with Crippen LogP contribution in [0.1, 0.15) is 46.5 Å². The molecule has 2 unspecified atom stereocenters. The molecular formula is C18H37IN4O. The summed E-state index contributed by atoms with van der Waals surface area (Å²) in [6.45, 7) is 14.1. The number of halogens is 1. The number of nitrogens with zero attached hydrogens (tertiary/aromatic N) is 3. The molecule has 2 heterocycles. The molecule has 0 aliphatic carbocycles. The maximum absolute atomic E-state index is 9.56. The van der Waals surface area contributed by atoms with Crippen molar-refractivity contribution in [1.29, 1.82) is 0 Å². The summed E-state index contributed by atoms with van der Waals surface area (Å²) in [5.41, 5.74) is 0. The van der Waals surface area contributed by atoms with E-state index in [4.69, 9.17) is 4.99 Å². The average Bonchev–Trinajstić information content (AvgIpc) is 2.51. The van der Waals surface area contributed by atoms with Gasteiger partial charge >= 0.3 is 0 Å². The molecule has 0 saturated carbocycles. The maximum atomic E-state index is 9.56. The number of hydrogen-bond donors (Lipinski definition) is 2. The van der Waals surface area contributed by atoms with Crippen molar-refractivity contribution in [3.63, 3.8) is 0 Å². The Labute approximate surface area is 165 Å². The summed E-state index contributed by atoms with van der Waals surface area (Å²) in [5, 5.41) is 13.0. The second-order valence-corrected chi connectivity index (χ2v) is 7.51. The molecular weight excluding hydrogens is 415 g/mol. The van der Waals surface area contributed by atoms with E-state index in [9.17, 15) is 5.11 Å². The molecule has 0 aromatic rings. The highest BCUT2D eigenvalue weighted by Gasteiger charge is 2.24. The molecule has 0 aromatic carbocycles. The molecule has 5 nitrogen and oxygen atoms in total. The van der Waals surface area contributed by atoms with Gasteiger partial charge < -0.3 is 20.2 Å². The third kappa shape index (κ3) is 7.44. The van der Waals surface area contributed by atoms with Crippen LogP contribution >= 0.6 is 24.0 Å². The predicted octanol–water partition coefficient (Wildman–Crippen LogP) is 2.39. The van der Waals surface area contributed by atoms with Crippen molar-refractivity contribution in [2.24, 2.45) is 16.8 Å². The molecule has 0 radical (unpaired) electrons. The SMILES string of the molecule is CCNC(=NCCCN1CCC(O)CC1)N1CC(C)CC(C)C1.I. The fraction of sp³-hybridized carbons (Fsp3) is 0.944. The Hall–Kier alpha value is -0.0800. The molecule has 2 N–H and O–H groups in total. The summed E-state index contributed by atoms with van der Waals surface area (Å²) >= 11 is 0. The van der Waals surface area contributed by atoms with Crippen molar-refractivity contribution < 1.29 is 5.11 Å². The van der Waals surface area contributed by atoms with E-state index in [0.29, 0.717) is 0 Å². The number of aliphatic imine (C=N–C) groups is 1. The van der Waals surface area contributed by atoms with Crippen LogP contribution in [0.4, 0.5) is 0 Å². The summed E-state index contributed by atoms with van der Waals surface area (Å²) in [6, 6.07) is 0. The first kappa shape index (κ1) is 22.0. The topological polar surface area (TPSA) is 51.1 Å². The Bertz CT molecular complexity index is 362. The molecule has 2 aliphatic rings. The summed E-state index contributed by atoms with van der Waals surface area (Å²) in [5.74, 6) is 2.60. The minimum absolute atomic E-state index is 0. The van der Waals surface area contributed by atoms with Gasteiger partial charge in [-0.1, -0.05) is 13.8 Å². The van der Waals surface area contributed by atoms with E-state index in [1.54, 1.807) is 0 Å². The number of rotatable bonds is 5. The molecule has 2 rings (SSSR count). The van der Waals surface area contributed by atoms with E-state index in [2.05, 4.69) is 35.9 Å². The van der Waals surface area contributed by atoms with Crippen molar-refractivity contribution in [3.8, 4) is 0 Å². The Balaban J connectivity index is 0.00000288. The van der Waals surface area contributed by atoms with E-state index in [-0.39, 0.29) is 30.1 Å². The van der Waals surface area contributed by atoms with E-state index in [0.717, 1.165) is 82.9 Å². The van der Waals surface area contributed by atoms with E-state index in [1.165, 1.54) is 6.42 Å². The monoisotopic (exact) mass is 452 g/mol. The van der Waals surface area contributed by atoms with Crippen LogP contribution in [0.15, 0.2) is 4.99 Å². The highest BCUT2D eigenvalue weighted by Crippen LogP contribution is 2.20. The minimum atomic E-state index is -0.0762. The summed E-state index contributed by atoms with van der Waals surface area (Å²) in [6.07, 6.45) is 4.21. The van der Waals surface area contributed by atoms with Crippen molar-refractivity contribution in [2.45, 2.75) is 52.6 Å². The standard InChI is InChI=1S/C18H36N4O.HI/c1-4-19-18(22-13-15(2)12-16(3)14-22)20-8-5-9-21-10-6-17(23)7-11-21;/h15-17,23H,4-14H2,1-3H3,(H,19,20);1H. The second-order valence-electron chi connectivity index (χ2n) is 7.51. The van der Waals surface area contributed by atoms with Gasteiger partial charge in [-0.15, -0.1) is 24.0 Å². The minimum Gasteiger partial charge on any atom is -0.393 e. The molecule has 2 saturated heterocycles. The Morgan fingerprint density at radius 3 is 2.38 bits per heavy atom. The Morgan fingerprint density at radius 2 is 1.79 bits per heavy atom. The smallest absolute Gasteiger partial charge is 0.193 e. The second kappa shape index (κ2) is 11.5. The van der Waals surface area contributed by atoms with Gasteiger partial charge in [0, 0.05) is 39.3 Å². The number of hydrogen-bond acceptors (Lipinski definition) is 3. The van der Waals surface area contributed by atoms with Crippen LogP contribution in [-0.2, 0) is 0 Å². The van der Waals surface area contributed by atoms with Crippen LogP contribution in [0.5, 0.6) is 0 Å². The number of nitrogens with one attached hydrogen (secondary N) is 1. The number of likely N-dealkylation sites (tertiary alicyclic amines) is 2. The third-order valence-corrected chi connectivity index (χ3v) is 4.95. The van der Waals surface area contributed by atoms with Crippen molar-refractivity contribution >= 4 is 29.9 Å². The molecule has 0 aromatic heterocycles. The number of aliphatic hydroxyl groups is 1. The number of aliphatic hydroxyl groups excluding tert-OH is 1. The molecule has 0 spiro atoms. The lowest BCUT2D eigenvalue weighted by atomic mass is 9.92. The van der Waals surface area contributed by atoms with Crippen LogP contribution in [0.25, 0.3) is 0 Å². The van der Waals surface area contributed by atoms with Crippen LogP contribution in [0.3, 0.4) is 0 Å². The lowest BCUT2D eigenvalue weighted by Gasteiger charge is -2.37. The molecule has 142 valence electrons. The zero-order chi connectivity index (χ0) is 16.7. The van der Waals surface area contributed by atoms with Gasteiger partial charge in [-0.25, -0.2) is 0 Å². The Morgan fingerprint density at radius 1 is 1.17 bits per heavy atom. The normalized spacial score (nSPS) is 27.0. The van der Waals surface area contributed by atoms with Gasteiger partial charge in [0.2, 0.25) is 0 Å². The van der Waals surface area contributed by atoms with E-state index in [1.807, 2.05) is 0 Å². The number of piperidine rings is 2. The first-order valence-corrected chi connectivity index (χ1v) is 9.52. The maximum Gasteiger partial charge on any atom is 0.193 e. The van der Waals surface area contributed by atoms with Crippen molar-refractivity contribution in [3.05, 3.63) is 0 Å². The van der Waals surface area contributed by atoms with Crippen LogP contribution in [0, 0.1) is 11.8 Å². The molecule has 2 aliphatic heterocycles. The summed E-state index contributed by atoms with van der Waals surface area (Å²) < 4.78 is 0. The van der Waals surface area contributed by atoms with Gasteiger partial charge in [0.1, 0.15) is 0 Å². The largest absolute Gasteiger partial charge is 0.393 e. The highest BCUT2D eigenvalue weighted by atomic mass is 127. The lowest BCUT2D eigenvalue weighted by Crippen LogP contribution is -2.48. The quantitative estimate of drug-likeness (QED) is 0.291. The molecule has 6 heteroatoms. The zero-order valence-electron chi connectivity index (χ0n) is 15.7. The average molecular weight is 452 g/mol. The van der Waals surface area contributed by atoms with Crippen molar-refractivity contribution in [1.82, 2.24) is 15.1 Å². The van der Waals surface area contributed by atoms with E-state index >= 15 is 0 Å². The van der Waals surface area contributed by atoms with E-state index < -0.39 is 0 Å². The van der Waals surface area contributed by atoms with Crippen LogP contribution in [-0.4, -0.2) is 72.8 Å². The van der Waals surface area contributed by atoms with Gasteiger partial charge in [0.15, 0.2) is 5.96 Å². The first-order chi connectivity index (χ1) is 11.1. The zero-order valence-corrected chi connectivity index (χ0v) is 18.0. The highest BCUT2D eigenvalue weighted by molar-refractivity contribution is 14.0. The van der Waals surface area contributed by atoms with Crippen molar-refractivity contribution in [2.75, 3.05) is 45.8 Å². The molecule has 0 bridgehead atoms. The van der Waals surface area contributed by atoms with Gasteiger partial charge in [-0.2, -0.15) is 0 Å². The molecule has 2 atom stereocenters. The predicted molar refractivity (Wildman–Crippen MR) is 112 cm³/mol. The molecule has 24 heavy (non-hydrogen) atoms. The van der Waals surface area contributed by atoms with Gasteiger partial charge in [0.25, 0.3) is 0 Å². The number of guanidine groups is 1. The third-order valence-electron chi connectivity index (χ3n) is 4.95. The molecule has 2 fully saturated rings. The van der Waals surface area contributed by atoms with Gasteiger partial charge in [0.05, 0.1) is 6.10 Å². The fourth-order valence-corrected chi connectivity index (χ4v) is 3.88.